The SMILES string of the molecule is FC(F)(F)c1cc(OCc2ccccc2)cc(C(F)(F)F)c1. The van der Waals surface area contributed by atoms with Crippen LogP contribution in [0.4, 0.5) is 26.3 Å². The molecule has 0 aliphatic rings. The highest BCUT2D eigenvalue weighted by atomic mass is 19.4. The van der Waals surface area contributed by atoms with Gasteiger partial charge in [-0.15, -0.1) is 0 Å². The molecule has 0 heterocycles. The maximum Gasteiger partial charge on any atom is 0.416 e. The Hall–Kier alpha value is -2.18. The summed E-state index contributed by atoms with van der Waals surface area (Å²) >= 11 is 0. The lowest BCUT2D eigenvalue weighted by Gasteiger charge is -2.14. The number of ether oxygens (including phenoxy) is 1. The van der Waals surface area contributed by atoms with Gasteiger partial charge >= 0.3 is 12.4 Å². The maximum absolute atomic E-state index is 12.7. The van der Waals surface area contributed by atoms with Gasteiger partial charge < -0.3 is 4.74 Å². The largest absolute Gasteiger partial charge is 0.489 e. The van der Waals surface area contributed by atoms with Crippen LogP contribution in [-0.2, 0) is 19.0 Å². The average molecular weight is 320 g/mol. The van der Waals surface area contributed by atoms with Gasteiger partial charge in [-0.2, -0.15) is 26.3 Å². The van der Waals surface area contributed by atoms with Crippen molar-refractivity contribution >= 4 is 0 Å². The molecule has 0 radical (unpaired) electrons. The second kappa shape index (κ2) is 5.90. The minimum Gasteiger partial charge on any atom is -0.489 e. The van der Waals surface area contributed by atoms with Crippen molar-refractivity contribution < 1.29 is 31.1 Å². The normalized spacial score (nSPS) is 12.3. The van der Waals surface area contributed by atoms with E-state index in [1.165, 1.54) is 0 Å². The molecule has 0 aliphatic heterocycles. The highest BCUT2D eigenvalue weighted by Gasteiger charge is 2.37. The third-order valence-electron chi connectivity index (χ3n) is 2.81. The van der Waals surface area contributed by atoms with Crippen molar-refractivity contribution in [2.45, 2.75) is 19.0 Å². The third kappa shape index (κ3) is 4.16. The molecular formula is C15H10F6O. The lowest BCUT2D eigenvalue weighted by molar-refractivity contribution is -0.143. The number of hydrogen-bond acceptors (Lipinski definition) is 1. The third-order valence-corrected chi connectivity index (χ3v) is 2.81. The van der Waals surface area contributed by atoms with Gasteiger partial charge in [-0.3, -0.25) is 0 Å². The second-order valence-corrected chi connectivity index (χ2v) is 4.52. The fourth-order valence-corrected chi connectivity index (χ4v) is 1.75. The van der Waals surface area contributed by atoms with Crippen LogP contribution in [0.25, 0.3) is 0 Å². The number of benzene rings is 2. The van der Waals surface area contributed by atoms with Gasteiger partial charge in [-0.1, -0.05) is 30.3 Å². The van der Waals surface area contributed by atoms with Crippen LogP contribution in [0.5, 0.6) is 5.75 Å². The summed E-state index contributed by atoms with van der Waals surface area (Å²) in [7, 11) is 0. The predicted molar refractivity (Wildman–Crippen MR) is 67.2 cm³/mol. The molecule has 1 nitrogen and oxygen atoms in total. The molecule has 0 saturated carbocycles. The molecule has 7 heteroatoms. The van der Waals surface area contributed by atoms with Gasteiger partial charge in [0.1, 0.15) is 12.4 Å². The summed E-state index contributed by atoms with van der Waals surface area (Å²) in [6.45, 7) is -0.126. The Labute approximate surface area is 122 Å². The minimum absolute atomic E-state index is 0.0649. The second-order valence-electron chi connectivity index (χ2n) is 4.52. The number of halogens is 6. The quantitative estimate of drug-likeness (QED) is 0.697. The van der Waals surface area contributed by atoms with Crippen LogP contribution in [0.1, 0.15) is 16.7 Å². The molecule has 118 valence electrons. The maximum atomic E-state index is 12.7. The van der Waals surface area contributed by atoms with Gasteiger partial charge in [0.2, 0.25) is 0 Å². The molecule has 0 N–H and O–H groups in total. The zero-order valence-corrected chi connectivity index (χ0v) is 11.0. The van der Waals surface area contributed by atoms with Crippen molar-refractivity contribution in [3.63, 3.8) is 0 Å². The first-order valence-electron chi connectivity index (χ1n) is 6.12. The molecule has 2 rings (SSSR count). The van der Waals surface area contributed by atoms with E-state index >= 15 is 0 Å². The van der Waals surface area contributed by atoms with Crippen LogP contribution in [0.2, 0.25) is 0 Å². The molecule has 2 aromatic rings. The molecule has 0 bridgehead atoms. The Kier molecular flexibility index (Phi) is 4.35. The van der Waals surface area contributed by atoms with E-state index in [0.717, 1.165) is 0 Å². The fraction of sp³-hybridized carbons (Fsp3) is 0.200. The van der Waals surface area contributed by atoms with E-state index in [1.807, 2.05) is 0 Å². The Morgan fingerprint density at radius 2 is 1.23 bits per heavy atom. The molecule has 0 aromatic heterocycles. The van der Waals surface area contributed by atoms with Crippen LogP contribution >= 0.6 is 0 Å². The van der Waals surface area contributed by atoms with E-state index in [4.69, 9.17) is 4.74 Å². The van der Waals surface area contributed by atoms with Gasteiger partial charge in [0.05, 0.1) is 11.1 Å². The van der Waals surface area contributed by atoms with E-state index in [9.17, 15) is 26.3 Å². The van der Waals surface area contributed by atoms with Crippen LogP contribution in [-0.4, -0.2) is 0 Å². The zero-order valence-electron chi connectivity index (χ0n) is 11.0. The molecule has 22 heavy (non-hydrogen) atoms. The van der Waals surface area contributed by atoms with Gasteiger partial charge in [-0.25, -0.2) is 0 Å². The van der Waals surface area contributed by atoms with Crippen molar-refractivity contribution in [3.05, 3.63) is 65.2 Å². The molecule has 0 saturated heterocycles. The first-order chi connectivity index (χ1) is 10.2. The van der Waals surface area contributed by atoms with Crippen molar-refractivity contribution in [1.82, 2.24) is 0 Å². The fourth-order valence-electron chi connectivity index (χ4n) is 1.75. The summed E-state index contributed by atoms with van der Waals surface area (Å²) in [4.78, 5) is 0. The standard InChI is InChI=1S/C15H10F6O/c16-14(17,18)11-6-12(15(19,20)21)8-13(7-11)22-9-10-4-2-1-3-5-10/h1-8H,9H2. The first kappa shape index (κ1) is 16.2. The lowest BCUT2D eigenvalue weighted by Crippen LogP contribution is -2.11. The minimum atomic E-state index is -4.88. The number of rotatable bonds is 3. The molecule has 0 unspecified atom stereocenters. The Morgan fingerprint density at radius 1 is 0.727 bits per heavy atom. The number of hydrogen-bond donors (Lipinski definition) is 0. The van der Waals surface area contributed by atoms with Crippen molar-refractivity contribution in [1.29, 1.82) is 0 Å². The molecule has 0 fully saturated rings. The monoisotopic (exact) mass is 320 g/mol. The van der Waals surface area contributed by atoms with Crippen LogP contribution in [0, 0.1) is 0 Å². The summed E-state index contributed by atoms with van der Waals surface area (Å²) in [5.74, 6) is -0.481. The van der Waals surface area contributed by atoms with Gasteiger partial charge in [0, 0.05) is 0 Å². The van der Waals surface area contributed by atoms with Crippen LogP contribution < -0.4 is 4.74 Å². The van der Waals surface area contributed by atoms with Crippen molar-refractivity contribution in [2.75, 3.05) is 0 Å². The van der Waals surface area contributed by atoms with Gasteiger partial charge in [-0.05, 0) is 23.8 Å². The summed E-state index contributed by atoms with van der Waals surface area (Å²) < 4.78 is 81.1. The molecule has 0 spiro atoms. The Bertz CT molecular complexity index is 598. The van der Waals surface area contributed by atoms with E-state index < -0.39 is 29.2 Å². The topological polar surface area (TPSA) is 9.23 Å². The first-order valence-corrected chi connectivity index (χ1v) is 6.12. The van der Waals surface area contributed by atoms with Crippen molar-refractivity contribution in [2.24, 2.45) is 0 Å². The summed E-state index contributed by atoms with van der Waals surface area (Å²) in [5.41, 5.74) is -2.16. The summed E-state index contributed by atoms with van der Waals surface area (Å²) in [6, 6.07) is 9.58. The summed E-state index contributed by atoms with van der Waals surface area (Å²) in [6.07, 6.45) is -9.77. The summed E-state index contributed by atoms with van der Waals surface area (Å²) in [5, 5.41) is 0. The van der Waals surface area contributed by atoms with Crippen LogP contribution in [0.15, 0.2) is 48.5 Å². The van der Waals surface area contributed by atoms with E-state index in [2.05, 4.69) is 0 Å². The predicted octanol–water partition coefficient (Wildman–Crippen LogP) is 5.30. The van der Waals surface area contributed by atoms with Gasteiger partial charge in [0.25, 0.3) is 0 Å². The van der Waals surface area contributed by atoms with Crippen molar-refractivity contribution in [3.8, 4) is 5.75 Å². The molecule has 0 atom stereocenters. The van der Waals surface area contributed by atoms with E-state index in [-0.39, 0.29) is 12.7 Å². The molecular weight excluding hydrogens is 310 g/mol. The highest BCUT2D eigenvalue weighted by molar-refractivity contribution is 5.37. The molecule has 2 aromatic carbocycles. The highest BCUT2D eigenvalue weighted by Crippen LogP contribution is 2.38. The molecule has 0 aliphatic carbocycles. The van der Waals surface area contributed by atoms with E-state index in [0.29, 0.717) is 17.7 Å². The smallest absolute Gasteiger partial charge is 0.416 e. The van der Waals surface area contributed by atoms with Gasteiger partial charge in [0.15, 0.2) is 0 Å². The Morgan fingerprint density at radius 3 is 1.68 bits per heavy atom. The average Bonchev–Trinajstić information content (AvgIpc) is 2.44. The van der Waals surface area contributed by atoms with Crippen LogP contribution in [0.3, 0.4) is 0 Å². The molecule has 0 amide bonds. The zero-order chi connectivity index (χ0) is 16.4. The number of alkyl halides is 6. The lowest BCUT2D eigenvalue weighted by atomic mass is 10.1. The van der Waals surface area contributed by atoms with E-state index in [1.54, 1.807) is 30.3 Å². The Balaban J connectivity index is 2.30.